The highest BCUT2D eigenvalue weighted by atomic mass is 19.4. The SMILES string of the molecule is N#Cc1cc(N)cnc1NCCC(F)(F)F. The molecular formula is C9H9F3N4. The van der Waals surface area contributed by atoms with Crippen LogP contribution in [-0.2, 0) is 0 Å². The van der Waals surface area contributed by atoms with Gasteiger partial charge >= 0.3 is 6.18 Å². The Hall–Kier alpha value is -1.97. The third kappa shape index (κ3) is 3.65. The molecule has 0 saturated carbocycles. The minimum Gasteiger partial charge on any atom is -0.397 e. The van der Waals surface area contributed by atoms with Gasteiger partial charge in [0.1, 0.15) is 11.9 Å². The van der Waals surface area contributed by atoms with Crippen LogP contribution in [0, 0.1) is 11.3 Å². The molecule has 1 rings (SSSR count). The lowest BCUT2D eigenvalue weighted by Crippen LogP contribution is -2.15. The maximum Gasteiger partial charge on any atom is 0.390 e. The van der Waals surface area contributed by atoms with Crippen LogP contribution in [0.15, 0.2) is 12.3 Å². The van der Waals surface area contributed by atoms with Gasteiger partial charge in [-0.25, -0.2) is 4.98 Å². The van der Waals surface area contributed by atoms with Crippen LogP contribution in [-0.4, -0.2) is 17.7 Å². The molecule has 1 aromatic rings. The first-order valence-electron chi connectivity index (χ1n) is 4.38. The molecule has 0 amide bonds. The Morgan fingerprint density at radius 3 is 2.75 bits per heavy atom. The molecule has 0 bridgehead atoms. The first-order chi connectivity index (χ1) is 7.42. The van der Waals surface area contributed by atoms with Crippen molar-refractivity contribution in [3.63, 3.8) is 0 Å². The summed E-state index contributed by atoms with van der Waals surface area (Å²) in [4.78, 5) is 3.74. The maximum absolute atomic E-state index is 11.9. The van der Waals surface area contributed by atoms with Gasteiger partial charge in [0.05, 0.1) is 23.9 Å². The number of alkyl halides is 3. The lowest BCUT2D eigenvalue weighted by Gasteiger charge is -2.09. The Bertz CT molecular complexity index is 408. The van der Waals surface area contributed by atoms with E-state index in [-0.39, 0.29) is 23.6 Å². The molecule has 0 aliphatic carbocycles. The molecule has 0 spiro atoms. The normalized spacial score (nSPS) is 10.9. The minimum absolute atomic E-state index is 0.112. The zero-order chi connectivity index (χ0) is 12.2. The number of halogens is 3. The van der Waals surface area contributed by atoms with Crippen molar-refractivity contribution in [2.24, 2.45) is 0 Å². The predicted molar refractivity (Wildman–Crippen MR) is 52.5 cm³/mol. The minimum atomic E-state index is -4.23. The number of anilines is 2. The van der Waals surface area contributed by atoms with E-state index in [1.165, 1.54) is 12.3 Å². The van der Waals surface area contributed by atoms with E-state index < -0.39 is 12.6 Å². The van der Waals surface area contributed by atoms with E-state index in [1.54, 1.807) is 6.07 Å². The average Bonchev–Trinajstić information content (AvgIpc) is 2.18. The van der Waals surface area contributed by atoms with Gasteiger partial charge in [-0.15, -0.1) is 0 Å². The molecule has 0 saturated heterocycles. The number of nitriles is 1. The van der Waals surface area contributed by atoms with Crippen molar-refractivity contribution in [3.05, 3.63) is 17.8 Å². The van der Waals surface area contributed by atoms with Crippen LogP contribution in [0.4, 0.5) is 24.7 Å². The molecular weight excluding hydrogens is 221 g/mol. The van der Waals surface area contributed by atoms with Gasteiger partial charge < -0.3 is 11.1 Å². The summed E-state index contributed by atoms with van der Waals surface area (Å²) in [5.41, 5.74) is 5.80. The summed E-state index contributed by atoms with van der Waals surface area (Å²) in [6.45, 7) is -0.324. The predicted octanol–water partition coefficient (Wildman–Crippen LogP) is 1.90. The summed E-state index contributed by atoms with van der Waals surface area (Å²) in [6, 6.07) is 3.15. The highest BCUT2D eigenvalue weighted by molar-refractivity contribution is 5.57. The Morgan fingerprint density at radius 1 is 1.50 bits per heavy atom. The Labute approximate surface area is 89.9 Å². The molecule has 0 unspecified atom stereocenters. The molecule has 1 aromatic heterocycles. The smallest absolute Gasteiger partial charge is 0.390 e. The fourth-order valence-corrected chi connectivity index (χ4v) is 1.03. The Kier molecular flexibility index (Phi) is 3.55. The second-order valence-electron chi connectivity index (χ2n) is 3.07. The molecule has 86 valence electrons. The lowest BCUT2D eigenvalue weighted by molar-refractivity contribution is -0.131. The summed E-state index contributed by atoms with van der Waals surface area (Å²) >= 11 is 0. The molecule has 0 fully saturated rings. The van der Waals surface area contributed by atoms with E-state index in [0.29, 0.717) is 0 Å². The van der Waals surface area contributed by atoms with Gasteiger partial charge in [0, 0.05) is 6.54 Å². The van der Waals surface area contributed by atoms with Crippen LogP contribution < -0.4 is 11.1 Å². The van der Waals surface area contributed by atoms with Crippen molar-refractivity contribution < 1.29 is 13.2 Å². The molecule has 16 heavy (non-hydrogen) atoms. The van der Waals surface area contributed by atoms with Crippen LogP contribution in [0.1, 0.15) is 12.0 Å². The standard InChI is InChI=1S/C9H9F3N4/c10-9(11,12)1-2-15-8-6(4-13)3-7(14)5-16-8/h3,5H,1-2,14H2,(H,15,16). The van der Waals surface area contributed by atoms with E-state index in [9.17, 15) is 13.2 Å². The summed E-state index contributed by atoms with van der Waals surface area (Å²) < 4.78 is 35.6. The number of nitrogens with zero attached hydrogens (tertiary/aromatic N) is 2. The summed E-state index contributed by atoms with van der Waals surface area (Å²) in [5.74, 6) is 0.112. The number of nitrogen functional groups attached to an aromatic ring is 1. The van der Waals surface area contributed by atoms with Gasteiger partial charge in [-0.2, -0.15) is 18.4 Å². The summed E-state index contributed by atoms with van der Waals surface area (Å²) in [6.07, 6.45) is -3.94. The summed E-state index contributed by atoms with van der Waals surface area (Å²) in [5, 5.41) is 11.1. The molecule has 0 aliphatic heterocycles. The maximum atomic E-state index is 11.9. The molecule has 0 atom stereocenters. The highest BCUT2D eigenvalue weighted by Gasteiger charge is 2.26. The molecule has 3 N–H and O–H groups in total. The van der Waals surface area contributed by atoms with Gasteiger partial charge in [0.2, 0.25) is 0 Å². The van der Waals surface area contributed by atoms with Gasteiger partial charge in [-0.3, -0.25) is 0 Å². The average molecular weight is 230 g/mol. The number of nitrogens with one attached hydrogen (secondary N) is 1. The van der Waals surface area contributed by atoms with Crippen molar-refractivity contribution in [1.29, 1.82) is 5.26 Å². The van der Waals surface area contributed by atoms with Crippen LogP contribution in [0.5, 0.6) is 0 Å². The van der Waals surface area contributed by atoms with Gasteiger partial charge in [-0.1, -0.05) is 0 Å². The van der Waals surface area contributed by atoms with Crippen LogP contribution in [0.25, 0.3) is 0 Å². The van der Waals surface area contributed by atoms with Crippen LogP contribution in [0.2, 0.25) is 0 Å². The second kappa shape index (κ2) is 4.70. The number of rotatable bonds is 3. The van der Waals surface area contributed by atoms with Crippen molar-refractivity contribution in [2.45, 2.75) is 12.6 Å². The third-order valence-corrected chi connectivity index (χ3v) is 1.73. The van der Waals surface area contributed by atoms with E-state index >= 15 is 0 Å². The number of nitrogens with two attached hydrogens (primary N) is 1. The fourth-order valence-electron chi connectivity index (χ4n) is 1.03. The van der Waals surface area contributed by atoms with Crippen molar-refractivity contribution >= 4 is 11.5 Å². The quantitative estimate of drug-likeness (QED) is 0.831. The first-order valence-corrected chi connectivity index (χ1v) is 4.38. The highest BCUT2D eigenvalue weighted by Crippen LogP contribution is 2.20. The van der Waals surface area contributed by atoms with Crippen molar-refractivity contribution in [2.75, 3.05) is 17.6 Å². The van der Waals surface area contributed by atoms with Crippen LogP contribution >= 0.6 is 0 Å². The number of pyridine rings is 1. The molecule has 1 heterocycles. The van der Waals surface area contributed by atoms with E-state index in [2.05, 4.69) is 10.3 Å². The first kappa shape index (κ1) is 12.1. The zero-order valence-corrected chi connectivity index (χ0v) is 8.17. The molecule has 0 aromatic carbocycles. The Balaban J connectivity index is 2.65. The van der Waals surface area contributed by atoms with Crippen molar-refractivity contribution in [1.82, 2.24) is 4.98 Å². The topological polar surface area (TPSA) is 74.7 Å². The van der Waals surface area contributed by atoms with E-state index in [0.717, 1.165) is 0 Å². The molecule has 0 aliphatic rings. The number of aromatic nitrogens is 1. The van der Waals surface area contributed by atoms with Gasteiger partial charge in [0.25, 0.3) is 0 Å². The van der Waals surface area contributed by atoms with Gasteiger partial charge in [0.15, 0.2) is 0 Å². The largest absolute Gasteiger partial charge is 0.397 e. The molecule has 4 nitrogen and oxygen atoms in total. The Morgan fingerprint density at radius 2 is 2.19 bits per heavy atom. The zero-order valence-electron chi connectivity index (χ0n) is 8.17. The molecule has 0 radical (unpaired) electrons. The van der Waals surface area contributed by atoms with Crippen LogP contribution in [0.3, 0.4) is 0 Å². The third-order valence-electron chi connectivity index (χ3n) is 1.73. The fraction of sp³-hybridized carbons (Fsp3) is 0.333. The summed E-state index contributed by atoms with van der Waals surface area (Å²) in [7, 11) is 0. The second-order valence-corrected chi connectivity index (χ2v) is 3.07. The number of hydrogen-bond donors (Lipinski definition) is 2. The van der Waals surface area contributed by atoms with Gasteiger partial charge in [-0.05, 0) is 6.07 Å². The lowest BCUT2D eigenvalue weighted by atomic mass is 10.2. The monoisotopic (exact) mass is 230 g/mol. The van der Waals surface area contributed by atoms with E-state index in [4.69, 9.17) is 11.0 Å². The molecule has 7 heteroatoms. The van der Waals surface area contributed by atoms with E-state index in [1.807, 2.05) is 0 Å². The number of hydrogen-bond acceptors (Lipinski definition) is 4. The van der Waals surface area contributed by atoms with Crippen molar-refractivity contribution in [3.8, 4) is 6.07 Å².